The number of hydrogen-bond acceptors (Lipinski definition) is 1. The second-order valence-corrected chi connectivity index (χ2v) is 6.17. The summed E-state index contributed by atoms with van der Waals surface area (Å²) in [5.41, 5.74) is 5.53. The predicted octanol–water partition coefficient (Wildman–Crippen LogP) is 6.10. The van der Waals surface area contributed by atoms with Crippen LogP contribution in [0.5, 0.6) is 0 Å². The standard InChI is InChI=1S/C22H19FO/c1-15(2)20-12-18(16-6-4-3-5-7-16)13-21(22(20)14-24)17-8-10-19(23)11-9-17/h3-15H,1-2H3. The molecule has 0 amide bonds. The van der Waals surface area contributed by atoms with Crippen molar-refractivity contribution in [3.8, 4) is 22.3 Å². The quantitative estimate of drug-likeness (QED) is 0.531. The molecule has 0 N–H and O–H groups in total. The lowest BCUT2D eigenvalue weighted by Crippen LogP contribution is -2.00. The Kier molecular flexibility index (Phi) is 4.57. The zero-order chi connectivity index (χ0) is 17.1. The number of carbonyl (C=O) groups excluding carboxylic acids is 1. The molecule has 3 rings (SSSR count). The Balaban J connectivity index is 2.27. The van der Waals surface area contributed by atoms with Gasteiger partial charge in [-0.25, -0.2) is 4.39 Å². The number of hydrogen-bond donors (Lipinski definition) is 0. The highest BCUT2D eigenvalue weighted by atomic mass is 19.1. The highest BCUT2D eigenvalue weighted by Crippen LogP contribution is 2.34. The smallest absolute Gasteiger partial charge is 0.150 e. The van der Waals surface area contributed by atoms with Crippen LogP contribution in [-0.2, 0) is 0 Å². The topological polar surface area (TPSA) is 17.1 Å². The van der Waals surface area contributed by atoms with E-state index in [0.29, 0.717) is 5.56 Å². The molecule has 0 fully saturated rings. The molecule has 24 heavy (non-hydrogen) atoms. The molecule has 1 nitrogen and oxygen atoms in total. The molecule has 3 aromatic rings. The van der Waals surface area contributed by atoms with Gasteiger partial charge < -0.3 is 0 Å². The average molecular weight is 318 g/mol. The number of halogens is 1. The summed E-state index contributed by atoms with van der Waals surface area (Å²) < 4.78 is 13.3. The maximum atomic E-state index is 13.3. The van der Waals surface area contributed by atoms with Crippen LogP contribution < -0.4 is 0 Å². The van der Waals surface area contributed by atoms with Gasteiger partial charge in [0.05, 0.1) is 0 Å². The highest BCUT2D eigenvalue weighted by molar-refractivity contribution is 5.92. The summed E-state index contributed by atoms with van der Waals surface area (Å²) in [6.45, 7) is 4.15. The second-order valence-electron chi connectivity index (χ2n) is 6.17. The normalized spacial score (nSPS) is 10.8. The zero-order valence-electron chi connectivity index (χ0n) is 13.8. The summed E-state index contributed by atoms with van der Waals surface area (Å²) in [6, 6.07) is 20.5. The summed E-state index contributed by atoms with van der Waals surface area (Å²) in [6.07, 6.45) is 0.906. The molecule has 0 aromatic heterocycles. The summed E-state index contributed by atoms with van der Waals surface area (Å²) in [5, 5.41) is 0. The number of rotatable bonds is 4. The summed E-state index contributed by atoms with van der Waals surface area (Å²) >= 11 is 0. The Labute approximate surface area is 141 Å². The molecule has 0 aliphatic heterocycles. The molecule has 0 bridgehead atoms. The van der Waals surface area contributed by atoms with Gasteiger partial charge in [-0.1, -0.05) is 62.4 Å². The van der Waals surface area contributed by atoms with E-state index in [9.17, 15) is 9.18 Å². The maximum Gasteiger partial charge on any atom is 0.150 e. The van der Waals surface area contributed by atoms with Gasteiger partial charge in [0.2, 0.25) is 0 Å². The van der Waals surface area contributed by atoms with Gasteiger partial charge in [0.15, 0.2) is 6.29 Å². The van der Waals surface area contributed by atoms with Crippen LogP contribution in [0.1, 0.15) is 35.7 Å². The van der Waals surface area contributed by atoms with Crippen LogP contribution >= 0.6 is 0 Å². The van der Waals surface area contributed by atoms with Gasteiger partial charge in [-0.05, 0) is 51.9 Å². The fourth-order valence-corrected chi connectivity index (χ4v) is 2.95. The van der Waals surface area contributed by atoms with E-state index < -0.39 is 0 Å². The molecule has 0 spiro atoms. The van der Waals surface area contributed by atoms with Crippen molar-refractivity contribution >= 4 is 6.29 Å². The van der Waals surface area contributed by atoms with Gasteiger partial charge in [0.25, 0.3) is 0 Å². The second kappa shape index (κ2) is 6.79. The lowest BCUT2D eigenvalue weighted by molar-refractivity contribution is 0.112. The van der Waals surface area contributed by atoms with Crippen molar-refractivity contribution in [2.24, 2.45) is 0 Å². The van der Waals surface area contributed by atoms with Crippen molar-refractivity contribution in [1.29, 1.82) is 0 Å². The fourth-order valence-electron chi connectivity index (χ4n) is 2.95. The SMILES string of the molecule is CC(C)c1cc(-c2ccccc2)cc(-c2ccc(F)cc2)c1C=O. The minimum absolute atomic E-state index is 0.216. The van der Waals surface area contributed by atoms with Crippen LogP contribution in [0.25, 0.3) is 22.3 Å². The van der Waals surface area contributed by atoms with Crippen molar-refractivity contribution in [3.63, 3.8) is 0 Å². The molecule has 3 aromatic carbocycles. The van der Waals surface area contributed by atoms with Crippen molar-refractivity contribution < 1.29 is 9.18 Å². The van der Waals surface area contributed by atoms with Gasteiger partial charge in [0, 0.05) is 5.56 Å². The first-order chi connectivity index (χ1) is 11.6. The van der Waals surface area contributed by atoms with Gasteiger partial charge >= 0.3 is 0 Å². The average Bonchev–Trinajstić information content (AvgIpc) is 2.62. The molecule has 120 valence electrons. The molecule has 0 aliphatic carbocycles. The predicted molar refractivity (Wildman–Crippen MR) is 96.7 cm³/mol. The minimum atomic E-state index is -0.283. The van der Waals surface area contributed by atoms with Gasteiger partial charge in [-0.2, -0.15) is 0 Å². The van der Waals surface area contributed by atoms with Crippen LogP contribution in [0.3, 0.4) is 0 Å². The third kappa shape index (κ3) is 3.13. The first-order valence-corrected chi connectivity index (χ1v) is 8.04. The molecule has 0 atom stereocenters. The third-order valence-electron chi connectivity index (χ3n) is 4.21. The van der Waals surface area contributed by atoms with E-state index >= 15 is 0 Å². The maximum absolute atomic E-state index is 13.3. The van der Waals surface area contributed by atoms with Gasteiger partial charge in [0.1, 0.15) is 5.82 Å². The Morgan fingerprint density at radius 1 is 0.833 bits per heavy atom. The lowest BCUT2D eigenvalue weighted by Gasteiger charge is -2.17. The van der Waals surface area contributed by atoms with Crippen molar-refractivity contribution in [2.75, 3.05) is 0 Å². The van der Waals surface area contributed by atoms with E-state index in [4.69, 9.17) is 0 Å². The minimum Gasteiger partial charge on any atom is -0.298 e. The van der Waals surface area contributed by atoms with E-state index in [1.165, 1.54) is 12.1 Å². The molecule has 0 radical (unpaired) electrons. The van der Waals surface area contributed by atoms with Gasteiger partial charge in [-0.3, -0.25) is 4.79 Å². The molecule has 0 unspecified atom stereocenters. The Morgan fingerprint density at radius 2 is 1.50 bits per heavy atom. The Bertz CT molecular complexity index is 849. The fraction of sp³-hybridized carbons (Fsp3) is 0.136. The molecule has 2 heteroatoms. The first-order valence-electron chi connectivity index (χ1n) is 8.04. The first kappa shape index (κ1) is 16.1. The summed E-state index contributed by atoms with van der Waals surface area (Å²) in [7, 11) is 0. The number of carbonyl (C=O) groups is 1. The molecule has 0 heterocycles. The Hall–Kier alpha value is -2.74. The van der Waals surface area contributed by atoms with E-state index in [0.717, 1.165) is 34.1 Å². The molecular formula is C22H19FO. The van der Waals surface area contributed by atoms with Gasteiger partial charge in [-0.15, -0.1) is 0 Å². The summed E-state index contributed by atoms with van der Waals surface area (Å²) in [4.78, 5) is 11.8. The monoisotopic (exact) mass is 318 g/mol. The van der Waals surface area contributed by atoms with Crippen molar-refractivity contribution in [2.45, 2.75) is 19.8 Å². The van der Waals surface area contributed by atoms with E-state index in [2.05, 4.69) is 32.0 Å². The lowest BCUT2D eigenvalue weighted by atomic mass is 9.87. The van der Waals surface area contributed by atoms with E-state index in [1.807, 2.05) is 24.3 Å². The number of benzene rings is 3. The largest absolute Gasteiger partial charge is 0.298 e. The zero-order valence-corrected chi connectivity index (χ0v) is 13.8. The van der Waals surface area contributed by atoms with E-state index in [1.54, 1.807) is 12.1 Å². The molecule has 0 saturated carbocycles. The number of aldehydes is 1. The molecule has 0 aliphatic rings. The highest BCUT2D eigenvalue weighted by Gasteiger charge is 2.15. The van der Waals surface area contributed by atoms with Crippen molar-refractivity contribution in [1.82, 2.24) is 0 Å². The van der Waals surface area contributed by atoms with Crippen molar-refractivity contribution in [3.05, 3.63) is 83.7 Å². The van der Waals surface area contributed by atoms with Crippen LogP contribution in [0.2, 0.25) is 0 Å². The van der Waals surface area contributed by atoms with Crippen LogP contribution in [0.4, 0.5) is 4.39 Å². The molecule has 0 saturated heterocycles. The Morgan fingerprint density at radius 3 is 2.08 bits per heavy atom. The third-order valence-corrected chi connectivity index (χ3v) is 4.21. The van der Waals surface area contributed by atoms with Crippen LogP contribution in [0.15, 0.2) is 66.7 Å². The molecular weight excluding hydrogens is 299 g/mol. The van der Waals surface area contributed by atoms with Crippen LogP contribution in [0, 0.1) is 5.82 Å². The van der Waals surface area contributed by atoms with Crippen LogP contribution in [-0.4, -0.2) is 6.29 Å². The summed E-state index contributed by atoms with van der Waals surface area (Å²) in [5.74, 6) is -0.0669. The van der Waals surface area contributed by atoms with E-state index in [-0.39, 0.29) is 11.7 Å².